The number of carbonyl (C=O) groups excluding carboxylic acids is 1. The molecule has 3 rings (SSSR count). The van der Waals surface area contributed by atoms with Gasteiger partial charge in [-0.05, 0) is 42.7 Å². The van der Waals surface area contributed by atoms with Crippen LogP contribution in [0.4, 0.5) is 10.5 Å². The van der Waals surface area contributed by atoms with E-state index in [0.717, 1.165) is 17.8 Å². The number of hydrogen-bond donors (Lipinski definition) is 2. The van der Waals surface area contributed by atoms with Gasteiger partial charge < -0.3 is 5.32 Å². The fourth-order valence-corrected chi connectivity index (χ4v) is 3.90. The van der Waals surface area contributed by atoms with Crippen molar-refractivity contribution in [2.24, 2.45) is 21.8 Å². The summed E-state index contributed by atoms with van der Waals surface area (Å²) in [5.74, 6) is 0.695. The van der Waals surface area contributed by atoms with Gasteiger partial charge >= 0.3 is 6.03 Å². The summed E-state index contributed by atoms with van der Waals surface area (Å²) in [6, 6.07) is 9.13. The van der Waals surface area contributed by atoms with Crippen LogP contribution in [0, 0.1) is 16.7 Å². The summed E-state index contributed by atoms with van der Waals surface area (Å²) in [5, 5.41) is 7.21. The Morgan fingerprint density at radius 3 is 2.52 bits per heavy atom. The molecule has 0 unspecified atom stereocenters. The third kappa shape index (κ3) is 2.23. The Bertz CT molecular complexity index is 579. The molecule has 2 fully saturated rings. The van der Waals surface area contributed by atoms with E-state index in [-0.39, 0.29) is 16.9 Å². The van der Waals surface area contributed by atoms with Crippen LogP contribution in [0.5, 0.6) is 0 Å². The monoisotopic (exact) mass is 285 g/mol. The lowest BCUT2D eigenvalue weighted by molar-refractivity contribution is 0.193. The molecule has 0 spiro atoms. The summed E-state index contributed by atoms with van der Waals surface area (Å²) in [4.78, 5) is 11.9. The Balaban J connectivity index is 1.66. The number of benzene rings is 1. The molecule has 0 heterocycles. The zero-order chi connectivity index (χ0) is 15.1. The van der Waals surface area contributed by atoms with E-state index in [0.29, 0.717) is 5.92 Å². The van der Waals surface area contributed by atoms with Gasteiger partial charge in [-0.3, -0.25) is 0 Å². The number of rotatable bonds is 2. The van der Waals surface area contributed by atoms with Crippen LogP contribution in [0.25, 0.3) is 0 Å². The fraction of sp³-hybridized carbons (Fsp3) is 0.529. The molecule has 0 aliphatic heterocycles. The lowest BCUT2D eigenvalue weighted by Crippen LogP contribution is -2.35. The lowest BCUT2D eigenvalue weighted by Gasteiger charge is -2.34. The van der Waals surface area contributed by atoms with Crippen LogP contribution in [-0.2, 0) is 0 Å². The molecule has 2 amide bonds. The van der Waals surface area contributed by atoms with E-state index in [1.54, 1.807) is 0 Å². The van der Waals surface area contributed by atoms with Crippen LogP contribution in [0.3, 0.4) is 0 Å². The molecule has 0 aromatic heterocycles. The van der Waals surface area contributed by atoms with E-state index in [4.69, 9.17) is 0 Å². The zero-order valence-electron chi connectivity index (χ0n) is 12.9. The molecule has 2 saturated carbocycles. The minimum absolute atomic E-state index is 0.123. The zero-order valence-corrected chi connectivity index (χ0v) is 12.9. The number of hydrogen-bond acceptors (Lipinski definition) is 2. The van der Waals surface area contributed by atoms with Crippen LogP contribution in [0.2, 0.25) is 0 Å². The normalized spacial score (nSPS) is 31.4. The summed E-state index contributed by atoms with van der Waals surface area (Å²) >= 11 is 0. The first kappa shape index (κ1) is 14.1. The SMILES string of the molecule is CC1(C)[C@@H]2CC[C@]1(C)/C(=N\NC(=O)Nc1ccccc1)C2. The van der Waals surface area contributed by atoms with Gasteiger partial charge in [-0.15, -0.1) is 0 Å². The van der Waals surface area contributed by atoms with Crippen LogP contribution in [-0.4, -0.2) is 11.7 Å². The number of urea groups is 1. The molecule has 112 valence electrons. The first-order valence-electron chi connectivity index (χ1n) is 7.62. The van der Waals surface area contributed by atoms with Gasteiger partial charge in [-0.2, -0.15) is 5.10 Å². The van der Waals surface area contributed by atoms with Crippen LogP contribution in [0.1, 0.15) is 40.0 Å². The second-order valence-electron chi connectivity index (χ2n) is 6.98. The maximum absolute atomic E-state index is 11.9. The molecule has 0 radical (unpaired) electrons. The highest BCUT2D eigenvalue weighted by Crippen LogP contribution is 2.63. The molecule has 2 atom stereocenters. The van der Waals surface area contributed by atoms with Crippen molar-refractivity contribution in [3.63, 3.8) is 0 Å². The fourth-order valence-electron chi connectivity index (χ4n) is 3.90. The standard InChI is InChI=1S/C17H23N3O/c1-16(2)12-9-10-17(16,3)14(11-12)19-20-15(21)18-13-7-5-4-6-8-13/h4-8,12H,9-11H2,1-3H3,(H2,18,20,21)/b19-14-/t12-,17-/m1/s1. The van der Waals surface area contributed by atoms with Crippen molar-refractivity contribution in [1.29, 1.82) is 0 Å². The Morgan fingerprint density at radius 2 is 1.95 bits per heavy atom. The molecule has 21 heavy (non-hydrogen) atoms. The van der Waals surface area contributed by atoms with E-state index < -0.39 is 0 Å². The van der Waals surface area contributed by atoms with Crippen LogP contribution >= 0.6 is 0 Å². The number of para-hydroxylation sites is 1. The Hall–Kier alpha value is -1.84. The number of hydrazone groups is 1. The van der Waals surface area contributed by atoms with E-state index in [2.05, 4.69) is 36.6 Å². The minimum atomic E-state index is -0.280. The molecule has 2 bridgehead atoms. The topological polar surface area (TPSA) is 53.5 Å². The van der Waals surface area contributed by atoms with Gasteiger partial charge in [-0.25, -0.2) is 10.2 Å². The van der Waals surface area contributed by atoms with Gasteiger partial charge in [0.15, 0.2) is 0 Å². The van der Waals surface area contributed by atoms with Gasteiger partial charge in [0.05, 0.1) is 0 Å². The smallest absolute Gasteiger partial charge is 0.307 e. The Labute approximate surface area is 126 Å². The van der Waals surface area contributed by atoms with Gasteiger partial charge in [0, 0.05) is 16.8 Å². The molecule has 2 aliphatic carbocycles. The predicted octanol–water partition coefficient (Wildman–Crippen LogP) is 4.01. The van der Waals surface area contributed by atoms with Gasteiger partial charge in [0.25, 0.3) is 0 Å². The Morgan fingerprint density at radius 1 is 1.24 bits per heavy atom. The summed E-state index contributed by atoms with van der Waals surface area (Å²) in [5.41, 5.74) is 4.98. The van der Waals surface area contributed by atoms with Gasteiger partial charge in [0.1, 0.15) is 0 Å². The van der Waals surface area contributed by atoms with E-state index in [9.17, 15) is 4.79 Å². The molecule has 4 heteroatoms. The summed E-state index contributed by atoms with van der Waals surface area (Å²) < 4.78 is 0. The van der Waals surface area contributed by atoms with E-state index in [1.807, 2.05) is 30.3 Å². The summed E-state index contributed by atoms with van der Waals surface area (Å²) in [6.45, 7) is 6.95. The van der Waals surface area contributed by atoms with E-state index >= 15 is 0 Å². The molecule has 4 nitrogen and oxygen atoms in total. The molecule has 2 aliphatic rings. The van der Waals surface area contributed by atoms with Crippen molar-refractivity contribution < 1.29 is 4.79 Å². The molecule has 1 aromatic carbocycles. The minimum Gasteiger partial charge on any atom is -0.307 e. The average Bonchev–Trinajstić information content (AvgIpc) is 2.79. The second-order valence-corrected chi connectivity index (χ2v) is 6.98. The van der Waals surface area contributed by atoms with Gasteiger partial charge in [0.2, 0.25) is 0 Å². The number of nitrogens with one attached hydrogen (secondary N) is 2. The highest BCUT2D eigenvalue weighted by molar-refractivity contribution is 5.96. The first-order valence-corrected chi connectivity index (χ1v) is 7.62. The Kier molecular flexibility index (Phi) is 3.27. The van der Waals surface area contributed by atoms with Gasteiger partial charge in [-0.1, -0.05) is 39.0 Å². The predicted molar refractivity (Wildman–Crippen MR) is 85.3 cm³/mol. The second kappa shape index (κ2) is 4.86. The number of fused-ring (bicyclic) bond motifs is 2. The molecule has 0 saturated heterocycles. The van der Waals surface area contributed by atoms with Crippen molar-refractivity contribution in [3.8, 4) is 0 Å². The molecular weight excluding hydrogens is 262 g/mol. The summed E-state index contributed by atoms with van der Waals surface area (Å²) in [6.07, 6.45) is 3.46. The van der Waals surface area contributed by atoms with E-state index in [1.165, 1.54) is 12.8 Å². The molecular formula is C17H23N3O. The highest BCUT2D eigenvalue weighted by atomic mass is 16.2. The summed E-state index contributed by atoms with van der Waals surface area (Å²) in [7, 11) is 0. The van der Waals surface area contributed by atoms with Crippen LogP contribution < -0.4 is 10.7 Å². The third-order valence-corrected chi connectivity index (χ3v) is 5.84. The largest absolute Gasteiger partial charge is 0.339 e. The van der Waals surface area contributed by atoms with Crippen molar-refractivity contribution in [1.82, 2.24) is 5.43 Å². The first-order chi connectivity index (χ1) is 9.93. The number of carbonyl (C=O) groups is 1. The van der Waals surface area contributed by atoms with Crippen molar-refractivity contribution in [2.45, 2.75) is 40.0 Å². The van der Waals surface area contributed by atoms with Crippen LogP contribution in [0.15, 0.2) is 35.4 Å². The number of anilines is 1. The van der Waals surface area contributed by atoms with Crippen molar-refractivity contribution in [2.75, 3.05) is 5.32 Å². The molecule has 1 aromatic rings. The molecule has 2 N–H and O–H groups in total. The lowest BCUT2D eigenvalue weighted by atomic mass is 9.70. The average molecular weight is 285 g/mol. The number of nitrogens with zero attached hydrogens (tertiary/aromatic N) is 1. The van der Waals surface area contributed by atoms with Crippen molar-refractivity contribution >= 4 is 17.4 Å². The maximum atomic E-state index is 11.9. The third-order valence-electron chi connectivity index (χ3n) is 5.84. The van der Waals surface area contributed by atoms with Crippen molar-refractivity contribution in [3.05, 3.63) is 30.3 Å². The maximum Gasteiger partial charge on any atom is 0.339 e. The number of amides is 2. The highest BCUT2D eigenvalue weighted by Gasteiger charge is 2.59. The quantitative estimate of drug-likeness (QED) is 0.792.